The quantitative estimate of drug-likeness (QED) is 0.744. The highest BCUT2D eigenvalue weighted by molar-refractivity contribution is 5.79. The summed E-state index contributed by atoms with van der Waals surface area (Å²) >= 11 is 0. The molecule has 3 atom stereocenters. The van der Waals surface area contributed by atoms with Crippen molar-refractivity contribution in [2.45, 2.75) is 44.2 Å². The van der Waals surface area contributed by atoms with Gasteiger partial charge in [0.05, 0.1) is 7.11 Å². The predicted octanol–water partition coefficient (Wildman–Crippen LogP) is 4.31. The molecule has 4 heteroatoms. The van der Waals surface area contributed by atoms with Gasteiger partial charge in [-0.3, -0.25) is 9.69 Å². The van der Waals surface area contributed by atoms with E-state index in [2.05, 4.69) is 64.4 Å². The van der Waals surface area contributed by atoms with Crippen molar-refractivity contribution in [3.8, 4) is 5.75 Å². The first-order chi connectivity index (χ1) is 14.7. The number of fused-ring (bicyclic) bond motifs is 1. The average Bonchev–Trinajstić information content (AvgIpc) is 3.11. The van der Waals surface area contributed by atoms with E-state index in [-0.39, 0.29) is 0 Å². The minimum absolute atomic E-state index is 0.294. The minimum atomic E-state index is 0.294. The van der Waals surface area contributed by atoms with Gasteiger partial charge >= 0.3 is 0 Å². The van der Waals surface area contributed by atoms with Crippen LogP contribution >= 0.6 is 0 Å². The molecule has 2 saturated heterocycles. The number of nitrogens with zero attached hydrogens (tertiary/aromatic N) is 2. The van der Waals surface area contributed by atoms with Crippen molar-refractivity contribution in [1.29, 1.82) is 0 Å². The molecular formula is C26H32N2O2. The summed E-state index contributed by atoms with van der Waals surface area (Å²) in [6.45, 7) is 3.87. The molecule has 0 N–H and O–H groups in total. The Morgan fingerprint density at radius 2 is 1.77 bits per heavy atom. The maximum absolute atomic E-state index is 13.0. The fourth-order valence-corrected chi connectivity index (χ4v) is 5.66. The summed E-state index contributed by atoms with van der Waals surface area (Å²) < 4.78 is 5.37. The van der Waals surface area contributed by atoms with Crippen LogP contribution in [0, 0.1) is 11.8 Å². The van der Waals surface area contributed by atoms with Gasteiger partial charge in [-0.1, -0.05) is 48.9 Å². The fraction of sp³-hybridized carbons (Fsp3) is 0.500. The molecule has 158 valence electrons. The molecule has 3 aliphatic rings. The van der Waals surface area contributed by atoms with Gasteiger partial charge in [0.1, 0.15) is 5.75 Å². The molecule has 30 heavy (non-hydrogen) atoms. The molecule has 2 heterocycles. The molecule has 0 unspecified atom stereocenters. The molecule has 2 aromatic carbocycles. The molecule has 1 saturated carbocycles. The van der Waals surface area contributed by atoms with Crippen molar-refractivity contribution in [2.24, 2.45) is 11.8 Å². The maximum Gasteiger partial charge on any atom is 0.225 e. The highest BCUT2D eigenvalue weighted by Crippen LogP contribution is 2.43. The summed E-state index contributed by atoms with van der Waals surface area (Å²) in [4.78, 5) is 17.8. The minimum Gasteiger partial charge on any atom is -0.497 e. The van der Waals surface area contributed by atoms with E-state index in [9.17, 15) is 4.79 Å². The smallest absolute Gasteiger partial charge is 0.225 e. The summed E-state index contributed by atoms with van der Waals surface area (Å²) in [5.74, 6) is 2.57. The number of benzene rings is 2. The number of piperidine rings is 1. The van der Waals surface area contributed by atoms with Gasteiger partial charge in [0.25, 0.3) is 0 Å². The number of amides is 1. The molecule has 0 bridgehead atoms. The number of likely N-dealkylation sites (tertiary alicyclic amines) is 2. The van der Waals surface area contributed by atoms with Gasteiger partial charge < -0.3 is 9.64 Å². The molecule has 2 aromatic rings. The van der Waals surface area contributed by atoms with E-state index in [1.165, 1.54) is 17.5 Å². The summed E-state index contributed by atoms with van der Waals surface area (Å²) in [5, 5.41) is 0. The van der Waals surface area contributed by atoms with E-state index >= 15 is 0 Å². The van der Waals surface area contributed by atoms with Gasteiger partial charge in [0.2, 0.25) is 5.91 Å². The Labute approximate surface area is 179 Å². The number of hydrogen-bond donors (Lipinski definition) is 0. The zero-order valence-electron chi connectivity index (χ0n) is 17.9. The lowest BCUT2D eigenvalue weighted by atomic mass is 9.80. The second-order valence-electron chi connectivity index (χ2n) is 9.23. The first-order valence-corrected chi connectivity index (χ1v) is 11.4. The first kappa shape index (κ1) is 19.6. The van der Waals surface area contributed by atoms with Crippen molar-refractivity contribution >= 4 is 5.91 Å². The predicted molar refractivity (Wildman–Crippen MR) is 118 cm³/mol. The Morgan fingerprint density at radius 3 is 2.43 bits per heavy atom. The second kappa shape index (κ2) is 8.43. The van der Waals surface area contributed by atoms with Crippen LogP contribution in [0.2, 0.25) is 0 Å². The van der Waals surface area contributed by atoms with Crippen LogP contribution in [0.1, 0.15) is 42.7 Å². The third kappa shape index (κ3) is 3.74. The van der Waals surface area contributed by atoms with Crippen LogP contribution in [0.4, 0.5) is 0 Å². The zero-order valence-corrected chi connectivity index (χ0v) is 17.9. The Balaban J connectivity index is 1.38. The molecule has 0 aromatic heterocycles. The van der Waals surface area contributed by atoms with Crippen LogP contribution in [-0.2, 0) is 11.3 Å². The number of carbonyl (C=O) groups is 1. The third-order valence-electron chi connectivity index (χ3n) is 7.58. The Morgan fingerprint density at radius 1 is 1.00 bits per heavy atom. The Kier molecular flexibility index (Phi) is 5.51. The molecule has 5 rings (SSSR count). The van der Waals surface area contributed by atoms with Gasteiger partial charge in [-0.2, -0.15) is 0 Å². The van der Waals surface area contributed by atoms with E-state index in [1.807, 2.05) is 0 Å². The van der Waals surface area contributed by atoms with E-state index in [1.54, 1.807) is 7.11 Å². The molecule has 0 radical (unpaired) electrons. The Hall–Kier alpha value is -2.33. The lowest BCUT2D eigenvalue weighted by Gasteiger charge is -2.41. The average molecular weight is 405 g/mol. The molecule has 3 fully saturated rings. The fourth-order valence-electron chi connectivity index (χ4n) is 5.66. The van der Waals surface area contributed by atoms with Crippen LogP contribution < -0.4 is 4.74 Å². The van der Waals surface area contributed by atoms with E-state index < -0.39 is 0 Å². The maximum atomic E-state index is 13.0. The van der Waals surface area contributed by atoms with Gasteiger partial charge in [0, 0.05) is 50.0 Å². The lowest BCUT2D eigenvalue weighted by molar-refractivity contribution is -0.140. The van der Waals surface area contributed by atoms with Crippen molar-refractivity contribution in [1.82, 2.24) is 9.80 Å². The summed E-state index contributed by atoms with van der Waals surface area (Å²) in [6, 6.07) is 19.9. The van der Waals surface area contributed by atoms with Crippen molar-refractivity contribution in [3.05, 3.63) is 65.7 Å². The number of rotatable bonds is 5. The summed E-state index contributed by atoms with van der Waals surface area (Å²) in [7, 11) is 1.72. The third-order valence-corrected chi connectivity index (χ3v) is 7.58. The number of hydrogen-bond acceptors (Lipinski definition) is 3. The van der Waals surface area contributed by atoms with Crippen LogP contribution in [0.5, 0.6) is 5.75 Å². The number of methoxy groups -OCH3 is 1. The van der Waals surface area contributed by atoms with E-state index in [4.69, 9.17) is 4.74 Å². The number of carbonyl (C=O) groups excluding carboxylic acids is 1. The van der Waals surface area contributed by atoms with Crippen molar-refractivity contribution < 1.29 is 9.53 Å². The van der Waals surface area contributed by atoms with Gasteiger partial charge in [-0.25, -0.2) is 0 Å². The Bertz CT molecular complexity index is 862. The highest BCUT2D eigenvalue weighted by atomic mass is 16.5. The monoisotopic (exact) mass is 404 g/mol. The van der Waals surface area contributed by atoms with Crippen LogP contribution in [0.15, 0.2) is 54.6 Å². The van der Waals surface area contributed by atoms with Crippen LogP contribution in [0.25, 0.3) is 0 Å². The lowest BCUT2D eigenvalue weighted by Crippen LogP contribution is -2.50. The molecule has 4 nitrogen and oxygen atoms in total. The van der Waals surface area contributed by atoms with Crippen LogP contribution in [0.3, 0.4) is 0 Å². The molecule has 1 amide bonds. The SMILES string of the molecule is COc1ccc([C@H]2CN(Cc3ccccc3)[C@@H]3CCN(C(=O)C4CCC4)C[C@H]23)cc1. The van der Waals surface area contributed by atoms with E-state index in [0.29, 0.717) is 29.7 Å². The van der Waals surface area contributed by atoms with Gasteiger partial charge in [-0.05, 0) is 42.5 Å². The normalized spacial score (nSPS) is 26.8. The molecule has 1 aliphatic carbocycles. The van der Waals surface area contributed by atoms with Crippen molar-refractivity contribution in [2.75, 3.05) is 26.7 Å². The molecule has 0 spiro atoms. The topological polar surface area (TPSA) is 32.8 Å². The molecular weight excluding hydrogens is 372 g/mol. The number of ether oxygens (including phenoxy) is 1. The van der Waals surface area contributed by atoms with Crippen LogP contribution in [-0.4, -0.2) is 48.5 Å². The highest BCUT2D eigenvalue weighted by Gasteiger charge is 2.46. The van der Waals surface area contributed by atoms with Gasteiger partial charge in [0.15, 0.2) is 0 Å². The molecule has 2 aliphatic heterocycles. The largest absolute Gasteiger partial charge is 0.497 e. The van der Waals surface area contributed by atoms with E-state index in [0.717, 1.165) is 51.2 Å². The zero-order chi connectivity index (χ0) is 20.5. The standard InChI is InChI=1S/C26H32N2O2/c1-30-22-12-10-20(11-13-22)23-17-28(16-19-6-3-2-4-7-19)25-14-15-27(18-24(23)25)26(29)21-8-5-9-21/h2-4,6-7,10-13,21,23-25H,5,8-9,14-18H2,1H3/t23-,24-,25-/m1/s1. The summed E-state index contributed by atoms with van der Waals surface area (Å²) in [5.41, 5.74) is 2.75. The van der Waals surface area contributed by atoms with Gasteiger partial charge in [-0.15, -0.1) is 0 Å². The van der Waals surface area contributed by atoms with Crippen molar-refractivity contribution in [3.63, 3.8) is 0 Å². The first-order valence-electron chi connectivity index (χ1n) is 11.4. The second-order valence-corrected chi connectivity index (χ2v) is 9.23. The summed E-state index contributed by atoms with van der Waals surface area (Å²) in [6.07, 6.45) is 4.48.